The number of rotatable bonds is 6. The predicted octanol–water partition coefficient (Wildman–Crippen LogP) is 3.84. The maximum absolute atomic E-state index is 10.5. The minimum Gasteiger partial charge on any atom is -0.389 e. The summed E-state index contributed by atoms with van der Waals surface area (Å²) in [4.78, 5) is 2.36. The van der Waals surface area contributed by atoms with Crippen LogP contribution in [0.5, 0.6) is 0 Å². The van der Waals surface area contributed by atoms with Gasteiger partial charge in [0.25, 0.3) is 0 Å². The number of hydrogen-bond donors (Lipinski definition) is 1. The van der Waals surface area contributed by atoms with Crippen LogP contribution < -0.4 is 0 Å². The average molecular weight is 324 g/mol. The van der Waals surface area contributed by atoms with Crippen molar-refractivity contribution >= 4 is 0 Å². The number of ether oxygens (including phenoxy) is 1. The quantitative estimate of drug-likeness (QED) is 0.806. The molecule has 0 aromatic carbocycles. The van der Waals surface area contributed by atoms with Crippen molar-refractivity contribution in [1.82, 2.24) is 4.90 Å². The van der Waals surface area contributed by atoms with Crippen LogP contribution in [0.1, 0.15) is 72.1 Å². The molecule has 0 saturated heterocycles. The Morgan fingerprint density at radius 3 is 2.43 bits per heavy atom. The van der Waals surface area contributed by atoms with E-state index in [1.165, 1.54) is 51.4 Å². The fraction of sp³-hybridized carbons (Fsp3) is 1.00. The van der Waals surface area contributed by atoms with Gasteiger partial charge in [-0.3, -0.25) is 0 Å². The average Bonchev–Trinajstić information content (AvgIpc) is 2.98. The zero-order chi connectivity index (χ0) is 16.7. The summed E-state index contributed by atoms with van der Waals surface area (Å²) in [5, 5.41) is 10.5. The normalized spacial score (nSPS) is 38.3. The second-order valence-corrected chi connectivity index (χ2v) is 9.51. The highest BCUT2D eigenvalue weighted by molar-refractivity contribution is 5.09. The molecule has 0 aromatic rings. The van der Waals surface area contributed by atoms with E-state index in [0.717, 1.165) is 12.5 Å². The topological polar surface area (TPSA) is 32.7 Å². The first-order valence-electron chi connectivity index (χ1n) is 9.83. The molecule has 2 bridgehead atoms. The Balaban J connectivity index is 1.48. The first-order chi connectivity index (χ1) is 10.8. The first-order valence-corrected chi connectivity index (χ1v) is 9.83. The van der Waals surface area contributed by atoms with Crippen molar-refractivity contribution in [2.45, 2.75) is 90.4 Å². The molecule has 4 atom stereocenters. The van der Waals surface area contributed by atoms with Crippen LogP contribution in [0.25, 0.3) is 0 Å². The Bertz CT molecular complexity index is 400. The standard InChI is InChI=1S/C20H37NO2/c1-19(2)15-10-11-20(3,12-15)18(19)23-14-17(22)13-21(4)16-8-6-5-7-9-16/h15-18,22H,5-14H2,1-4H3/t15-,17+,18+,20+/m0/s1. The molecule has 3 fully saturated rings. The lowest BCUT2D eigenvalue weighted by molar-refractivity contribution is -0.114. The molecular formula is C20H37NO2. The van der Waals surface area contributed by atoms with Crippen molar-refractivity contribution in [2.75, 3.05) is 20.2 Å². The molecule has 0 heterocycles. The van der Waals surface area contributed by atoms with E-state index in [9.17, 15) is 5.11 Å². The summed E-state index contributed by atoms with van der Waals surface area (Å²) in [6.45, 7) is 8.37. The van der Waals surface area contributed by atoms with Gasteiger partial charge in [-0.25, -0.2) is 0 Å². The zero-order valence-electron chi connectivity index (χ0n) is 15.7. The van der Waals surface area contributed by atoms with Gasteiger partial charge in [0.2, 0.25) is 0 Å². The highest BCUT2D eigenvalue weighted by Gasteiger charge is 2.60. The fourth-order valence-electron chi connectivity index (χ4n) is 5.94. The minimum absolute atomic E-state index is 0.266. The summed E-state index contributed by atoms with van der Waals surface area (Å²) in [5.74, 6) is 0.805. The third-order valence-electron chi connectivity index (χ3n) is 7.29. The minimum atomic E-state index is -0.361. The lowest BCUT2D eigenvalue weighted by Crippen LogP contribution is -2.45. The molecule has 0 radical (unpaired) electrons. The lowest BCUT2D eigenvalue weighted by atomic mass is 9.70. The molecule has 134 valence electrons. The zero-order valence-corrected chi connectivity index (χ0v) is 15.7. The molecule has 23 heavy (non-hydrogen) atoms. The Kier molecular flexibility index (Phi) is 5.11. The molecule has 3 nitrogen and oxygen atoms in total. The van der Waals surface area contributed by atoms with Gasteiger partial charge in [-0.05, 0) is 55.9 Å². The van der Waals surface area contributed by atoms with Crippen LogP contribution in [0.15, 0.2) is 0 Å². The number of hydrogen-bond acceptors (Lipinski definition) is 3. The van der Waals surface area contributed by atoms with Crippen molar-refractivity contribution in [3.8, 4) is 0 Å². The van der Waals surface area contributed by atoms with Gasteiger partial charge in [0.15, 0.2) is 0 Å². The van der Waals surface area contributed by atoms with E-state index in [0.29, 0.717) is 24.2 Å². The second kappa shape index (κ2) is 6.65. The van der Waals surface area contributed by atoms with Crippen molar-refractivity contribution < 1.29 is 9.84 Å². The molecule has 3 saturated carbocycles. The molecular weight excluding hydrogens is 286 g/mol. The van der Waals surface area contributed by atoms with Crippen LogP contribution in [0.4, 0.5) is 0 Å². The molecule has 3 heteroatoms. The van der Waals surface area contributed by atoms with Gasteiger partial charge >= 0.3 is 0 Å². The van der Waals surface area contributed by atoms with Crippen LogP contribution in [0.3, 0.4) is 0 Å². The highest BCUT2D eigenvalue weighted by atomic mass is 16.5. The van der Waals surface area contributed by atoms with Gasteiger partial charge in [-0.15, -0.1) is 0 Å². The summed E-state index contributed by atoms with van der Waals surface area (Å²) in [6, 6.07) is 0.662. The molecule has 3 aliphatic carbocycles. The first kappa shape index (κ1) is 17.7. The van der Waals surface area contributed by atoms with Crippen LogP contribution in [0.2, 0.25) is 0 Å². The summed E-state index contributed by atoms with van der Waals surface area (Å²) >= 11 is 0. The van der Waals surface area contributed by atoms with Crippen molar-refractivity contribution in [3.63, 3.8) is 0 Å². The predicted molar refractivity (Wildman–Crippen MR) is 94.5 cm³/mol. The SMILES string of the molecule is CN(C[C@@H](O)CO[C@@H]1C(C)(C)[C@H]2CC[C@]1(C)C2)C1CCCCC1. The monoisotopic (exact) mass is 323 g/mol. The number of aliphatic hydroxyl groups excluding tert-OH is 1. The molecule has 0 aliphatic heterocycles. The maximum atomic E-state index is 10.5. The van der Waals surface area contributed by atoms with Crippen LogP contribution in [-0.2, 0) is 4.74 Å². The van der Waals surface area contributed by atoms with Crippen LogP contribution >= 0.6 is 0 Å². The molecule has 3 aliphatic rings. The van der Waals surface area contributed by atoms with E-state index in [2.05, 4.69) is 32.7 Å². The number of nitrogens with zero attached hydrogens (tertiary/aromatic N) is 1. The maximum Gasteiger partial charge on any atom is 0.0900 e. The summed E-state index contributed by atoms with van der Waals surface area (Å²) < 4.78 is 6.33. The molecule has 3 rings (SSSR count). The van der Waals surface area contributed by atoms with E-state index >= 15 is 0 Å². The van der Waals surface area contributed by atoms with Crippen LogP contribution in [0, 0.1) is 16.7 Å². The van der Waals surface area contributed by atoms with Gasteiger partial charge in [-0.1, -0.05) is 40.0 Å². The van der Waals surface area contributed by atoms with E-state index in [1.54, 1.807) is 0 Å². The van der Waals surface area contributed by atoms with E-state index in [4.69, 9.17) is 4.74 Å². The van der Waals surface area contributed by atoms with Gasteiger partial charge < -0.3 is 14.7 Å². The second-order valence-electron chi connectivity index (χ2n) is 9.51. The number of fused-ring (bicyclic) bond motifs is 2. The Morgan fingerprint density at radius 2 is 1.83 bits per heavy atom. The van der Waals surface area contributed by atoms with Crippen molar-refractivity contribution in [3.05, 3.63) is 0 Å². The summed E-state index contributed by atoms with van der Waals surface area (Å²) in [6.07, 6.45) is 10.6. The molecule has 1 N–H and O–H groups in total. The van der Waals surface area contributed by atoms with Crippen LogP contribution in [-0.4, -0.2) is 48.5 Å². The van der Waals surface area contributed by atoms with Crippen molar-refractivity contribution in [1.29, 1.82) is 0 Å². The molecule has 0 aromatic heterocycles. The van der Waals surface area contributed by atoms with E-state index < -0.39 is 0 Å². The molecule has 0 unspecified atom stereocenters. The third-order valence-corrected chi connectivity index (χ3v) is 7.29. The molecule has 0 spiro atoms. The van der Waals surface area contributed by atoms with Gasteiger partial charge in [0.1, 0.15) is 0 Å². The van der Waals surface area contributed by atoms with Crippen molar-refractivity contribution in [2.24, 2.45) is 16.7 Å². The largest absolute Gasteiger partial charge is 0.389 e. The highest BCUT2D eigenvalue weighted by Crippen LogP contribution is 2.63. The van der Waals surface area contributed by atoms with Gasteiger partial charge in [-0.2, -0.15) is 0 Å². The number of aliphatic hydroxyl groups is 1. The van der Waals surface area contributed by atoms with E-state index in [1.807, 2.05) is 0 Å². The Labute approximate surface area is 142 Å². The summed E-state index contributed by atoms with van der Waals surface area (Å²) in [7, 11) is 2.17. The summed E-state index contributed by atoms with van der Waals surface area (Å²) in [5.41, 5.74) is 0.602. The Hall–Kier alpha value is -0.120. The Morgan fingerprint density at radius 1 is 1.13 bits per heavy atom. The van der Waals surface area contributed by atoms with Gasteiger partial charge in [0, 0.05) is 12.6 Å². The lowest BCUT2D eigenvalue weighted by Gasteiger charge is -2.43. The number of likely N-dealkylation sites (N-methyl/N-ethyl adjacent to an activating group) is 1. The smallest absolute Gasteiger partial charge is 0.0900 e. The molecule has 0 amide bonds. The van der Waals surface area contributed by atoms with E-state index in [-0.39, 0.29) is 11.5 Å². The third kappa shape index (κ3) is 3.48. The fourth-order valence-corrected chi connectivity index (χ4v) is 5.94. The van der Waals surface area contributed by atoms with Gasteiger partial charge in [0.05, 0.1) is 18.8 Å².